The quantitative estimate of drug-likeness (QED) is 0.447. The molecule has 0 radical (unpaired) electrons. The van der Waals surface area contributed by atoms with Crippen LogP contribution in [0.25, 0.3) is 0 Å². The van der Waals surface area contributed by atoms with Gasteiger partial charge in [-0.1, -0.05) is 0 Å². The molecule has 1 aromatic rings. The Labute approximate surface area is 149 Å². The van der Waals surface area contributed by atoms with Gasteiger partial charge in [-0.05, 0) is 43.0 Å². The minimum atomic E-state index is -0.496. The van der Waals surface area contributed by atoms with Crippen molar-refractivity contribution in [3.05, 3.63) is 29.8 Å². The van der Waals surface area contributed by atoms with Crippen molar-refractivity contribution in [2.24, 2.45) is 23.7 Å². The molecule has 4 rings (SSSR count). The summed E-state index contributed by atoms with van der Waals surface area (Å²) < 4.78 is 15.4. The molecule has 7 nitrogen and oxygen atoms in total. The lowest BCUT2D eigenvalue weighted by molar-refractivity contribution is -0.154. The van der Waals surface area contributed by atoms with Crippen LogP contribution in [-0.2, 0) is 23.9 Å². The number of rotatable bonds is 5. The van der Waals surface area contributed by atoms with E-state index >= 15 is 0 Å². The second kappa shape index (κ2) is 6.23. The zero-order chi connectivity index (χ0) is 18.4. The fourth-order valence-corrected chi connectivity index (χ4v) is 4.52. The number of hydrogen-bond donors (Lipinski definition) is 0. The van der Waals surface area contributed by atoms with Crippen molar-refractivity contribution in [2.75, 3.05) is 6.61 Å². The molecule has 0 amide bonds. The van der Waals surface area contributed by atoms with Crippen molar-refractivity contribution in [1.29, 1.82) is 0 Å². The van der Waals surface area contributed by atoms with Crippen molar-refractivity contribution in [2.45, 2.75) is 25.9 Å². The lowest BCUT2D eigenvalue weighted by Crippen LogP contribution is -2.34. The van der Waals surface area contributed by atoms with Crippen LogP contribution in [0.2, 0.25) is 0 Å². The van der Waals surface area contributed by atoms with Gasteiger partial charge in [-0.25, -0.2) is 0 Å². The first-order valence-electron chi connectivity index (χ1n) is 8.63. The van der Waals surface area contributed by atoms with Crippen LogP contribution in [0, 0.1) is 23.7 Å². The molecule has 0 aromatic heterocycles. The third kappa shape index (κ3) is 2.77. The fourth-order valence-electron chi connectivity index (χ4n) is 4.52. The lowest BCUT2D eigenvalue weighted by Gasteiger charge is -2.22. The van der Waals surface area contributed by atoms with Crippen molar-refractivity contribution in [1.82, 2.24) is 0 Å². The number of ether oxygens (including phenoxy) is 3. The molecule has 2 aliphatic carbocycles. The molecule has 5 atom stereocenters. The summed E-state index contributed by atoms with van der Waals surface area (Å²) in [5, 5.41) is 0. The number of fused-ring (bicyclic) bond motifs is 1. The maximum atomic E-state index is 12.4. The van der Waals surface area contributed by atoms with E-state index in [-0.39, 0.29) is 36.3 Å². The molecule has 0 spiro atoms. The highest BCUT2D eigenvalue weighted by molar-refractivity contribution is 5.98. The van der Waals surface area contributed by atoms with E-state index in [2.05, 4.69) is 0 Å². The minimum absolute atomic E-state index is 0.0427. The molecule has 1 aliphatic heterocycles. The molecule has 1 heterocycles. The number of Topliss-reactive ketones (excluding diaryl/α,β-unsaturated/α-hetero) is 1. The lowest BCUT2D eigenvalue weighted by atomic mass is 9.80. The second-order valence-corrected chi connectivity index (χ2v) is 7.07. The highest BCUT2D eigenvalue weighted by Gasteiger charge is 2.64. The van der Waals surface area contributed by atoms with E-state index in [0.717, 1.165) is 6.42 Å². The van der Waals surface area contributed by atoms with E-state index in [1.807, 2.05) is 0 Å². The molecule has 1 aromatic carbocycles. The first-order chi connectivity index (χ1) is 12.4. The molecule has 1 saturated heterocycles. The summed E-state index contributed by atoms with van der Waals surface area (Å²) >= 11 is 0. The van der Waals surface area contributed by atoms with Gasteiger partial charge in [-0.3, -0.25) is 19.2 Å². The Morgan fingerprint density at radius 1 is 1.15 bits per heavy atom. The zero-order valence-electron chi connectivity index (χ0n) is 14.2. The Hall–Kier alpha value is -2.70. The highest BCUT2D eigenvalue weighted by Crippen LogP contribution is 2.57. The highest BCUT2D eigenvalue weighted by atomic mass is 16.6. The Kier molecular flexibility index (Phi) is 4.01. The standard InChI is InChI=1S/C19H18O7/c1-9(20)25-12-4-2-10(3-5-12)14(21)8-24-18(22)16-11-6-13-15(7-11)26-19(23)17(13)16/h2-5,11,13,15-17H,6-8H2,1H3/t11-,13-,15-,16-,17+/m1/s1. The molecule has 0 N–H and O–H groups in total. The fraction of sp³-hybridized carbons (Fsp3) is 0.474. The number of hydrogen-bond acceptors (Lipinski definition) is 7. The van der Waals surface area contributed by atoms with Crippen LogP contribution in [0.15, 0.2) is 24.3 Å². The predicted molar refractivity (Wildman–Crippen MR) is 86.1 cm³/mol. The van der Waals surface area contributed by atoms with Crippen LogP contribution in [0.4, 0.5) is 0 Å². The number of benzene rings is 1. The average molecular weight is 358 g/mol. The number of carbonyl (C=O) groups excluding carboxylic acids is 4. The molecule has 2 saturated carbocycles. The predicted octanol–water partition coefficient (Wildman–Crippen LogP) is 1.54. The minimum Gasteiger partial charge on any atom is -0.462 e. The van der Waals surface area contributed by atoms with Gasteiger partial charge < -0.3 is 14.2 Å². The Balaban J connectivity index is 1.35. The van der Waals surface area contributed by atoms with Crippen molar-refractivity contribution in [3.63, 3.8) is 0 Å². The molecule has 26 heavy (non-hydrogen) atoms. The summed E-state index contributed by atoms with van der Waals surface area (Å²) in [6, 6.07) is 6.01. The van der Waals surface area contributed by atoms with Gasteiger partial charge in [-0.15, -0.1) is 0 Å². The van der Waals surface area contributed by atoms with Gasteiger partial charge in [0.25, 0.3) is 0 Å². The molecule has 3 aliphatic rings. The van der Waals surface area contributed by atoms with E-state index in [1.54, 1.807) is 0 Å². The molecular weight excluding hydrogens is 340 g/mol. The van der Waals surface area contributed by atoms with Gasteiger partial charge in [0, 0.05) is 18.4 Å². The van der Waals surface area contributed by atoms with E-state index in [0.29, 0.717) is 17.7 Å². The third-order valence-electron chi connectivity index (χ3n) is 5.54. The van der Waals surface area contributed by atoms with E-state index in [9.17, 15) is 19.2 Å². The van der Waals surface area contributed by atoms with Crippen molar-refractivity contribution >= 4 is 23.7 Å². The van der Waals surface area contributed by atoms with Gasteiger partial charge in [0.15, 0.2) is 12.4 Å². The summed E-state index contributed by atoms with van der Waals surface area (Å²) in [6.07, 6.45) is 1.48. The van der Waals surface area contributed by atoms with E-state index < -0.39 is 23.8 Å². The number of carbonyl (C=O) groups is 4. The summed E-state index contributed by atoms with van der Waals surface area (Å²) in [7, 11) is 0. The monoisotopic (exact) mass is 358 g/mol. The van der Waals surface area contributed by atoms with Crippen LogP contribution in [-0.4, -0.2) is 36.4 Å². The van der Waals surface area contributed by atoms with Crippen LogP contribution < -0.4 is 4.74 Å². The summed E-state index contributed by atoms with van der Waals surface area (Å²) in [4.78, 5) is 47.5. The number of esters is 3. The van der Waals surface area contributed by atoms with Gasteiger partial charge in [0.1, 0.15) is 11.9 Å². The first-order valence-corrected chi connectivity index (χ1v) is 8.63. The Morgan fingerprint density at radius 3 is 2.58 bits per heavy atom. The molecular formula is C19H18O7. The van der Waals surface area contributed by atoms with E-state index in [4.69, 9.17) is 14.2 Å². The van der Waals surface area contributed by atoms with Crippen LogP contribution in [0.3, 0.4) is 0 Å². The summed E-state index contributed by atoms with van der Waals surface area (Å²) in [6.45, 7) is 0.904. The molecule has 0 unspecified atom stereocenters. The SMILES string of the molecule is CC(=O)Oc1ccc(C(=O)COC(=O)[C@@H]2[C@@H]3C[C@H]4[C@@H]2C(=O)O[C@@H]4C3)cc1. The maximum Gasteiger partial charge on any atom is 0.310 e. The smallest absolute Gasteiger partial charge is 0.310 e. The van der Waals surface area contributed by atoms with Gasteiger partial charge in [0.2, 0.25) is 0 Å². The van der Waals surface area contributed by atoms with Crippen LogP contribution in [0.5, 0.6) is 5.75 Å². The van der Waals surface area contributed by atoms with E-state index in [1.165, 1.54) is 31.2 Å². The summed E-state index contributed by atoms with van der Waals surface area (Å²) in [5.74, 6) is -1.96. The number of ketones is 1. The van der Waals surface area contributed by atoms with Crippen molar-refractivity contribution < 1.29 is 33.4 Å². The molecule has 136 valence electrons. The Bertz CT molecular complexity index is 780. The average Bonchev–Trinajstić information content (AvgIpc) is 3.21. The molecule has 2 bridgehead atoms. The van der Waals surface area contributed by atoms with Crippen LogP contribution in [0.1, 0.15) is 30.1 Å². The Morgan fingerprint density at radius 2 is 1.88 bits per heavy atom. The normalized spacial score (nSPS) is 30.8. The van der Waals surface area contributed by atoms with Crippen molar-refractivity contribution in [3.8, 4) is 5.75 Å². The van der Waals surface area contributed by atoms with Crippen LogP contribution >= 0.6 is 0 Å². The summed E-state index contributed by atoms with van der Waals surface area (Å²) in [5.41, 5.74) is 0.349. The topological polar surface area (TPSA) is 96.0 Å². The molecule has 3 fully saturated rings. The molecule has 7 heteroatoms. The van der Waals surface area contributed by atoms with Gasteiger partial charge in [-0.2, -0.15) is 0 Å². The van der Waals surface area contributed by atoms with Gasteiger partial charge >= 0.3 is 17.9 Å². The first kappa shape index (κ1) is 16.8. The van der Waals surface area contributed by atoms with Gasteiger partial charge in [0.05, 0.1) is 11.8 Å². The largest absolute Gasteiger partial charge is 0.462 e. The third-order valence-corrected chi connectivity index (χ3v) is 5.54. The maximum absolute atomic E-state index is 12.4. The second-order valence-electron chi connectivity index (χ2n) is 7.07. The zero-order valence-corrected chi connectivity index (χ0v) is 14.2.